The summed E-state index contributed by atoms with van der Waals surface area (Å²) < 4.78 is 37.0. The number of allylic oxidation sites excluding steroid dienone is 1. The van der Waals surface area contributed by atoms with Gasteiger partial charge in [0.15, 0.2) is 21.3 Å². The third-order valence-electron chi connectivity index (χ3n) is 5.85. The number of benzene rings is 1. The Bertz CT molecular complexity index is 949. The first-order valence-corrected chi connectivity index (χ1v) is 13.4. The predicted octanol–water partition coefficient (Wildman–Crippen LogP) is 5.26. The van der Waals surface area contributed by atoms with Gasteiger partial charge < -0.3 is 14.6 Å². The molecule has 2 aliphatic heterocycles. The molecule has 1 aromatic rings. The smallest absolute Gasteiger partial charge is 0.171 e. The lowest BCUT2D eigenvalue weighted by molar-refractivity contribution is 0.117. The van der Waals surface area contributed by atoms with Gasteiger partial charge in [-0.2, -0.15) is 0 Å². The molecule has 0 amide bonds. The fourth-order valence-corrected chi connectivity index (χ4v) is 7.12. The van der Waals surface area contributed by atoms with Crippen molar-refractivity contribution in [2.24, 2.45) is 0 Å². The fourth-order valence-electron chi connectivity index (χ4n) is 4.50. The Hall–Kier alpha value is -1.06. The molecule has 7 heteroatoms. The highest BCUT2D eigenvalue weighted by Crippen LogP contribution is 2.40. The average molecular weight is 546 g/mol. The van der Waals surface area contributed by atoms with E-state index in [9.17, 15) is 13.5 Å². The van der Waals surface area contributed by atoms with Crippen molar-refractivity contribution >= 4 is 38.5 Å². The van der Waals surface area contributed by atoms with Crippen LogP contribution >= 0.6 is 22.6 Å². The molecule has 0 unspecified atom stereocenters. The molecule has 2 aliphatic rings. The molecular formula is C23H31IO5S. The van der Waals surface area contributed by atoms with Gasteiger partial charge in [0.05, 0.1) is 29.1 Å². The molecule has 1 aromatic carbocycles. The first-order chi connectivity index (χ1) is 14.3. The first kappa shape index (κ1) is 23.6. The van der Waals surface area contributed by atoms with E-state index < -0.39 is 15.1 Å². The van der Waals surface area contributed by atoms with Crippen LogP contribution in [0.25, 0.3) is 6.08 Å². The molecule has 0 saturated carbocycles. The van der Waals surface area contributed by atoms with E-state index in [0.717, 1.165) is 58.8 Å². The van der Waals surface area contributed by atoms with Gasteiger partial charge in [0, 0.05) is 0 Å². The van der Waals surface area contributed by atoms with Crippen LogP contribution in [0.1, 0.15) is 57.9 Å². The normalized spacial score (nSPS) is 23.1. The van der Waals surface area contributed by atoms with Gasteiger partial charge in [0.1, 0.15) is 5.25 Å². The van der Waals surface area contributed by atoms with Gasteiger partial charge in [0.2, 0.25) is 0 Å². The number of methoxy groups -OCH3 is 1. The lowest BCUT2D eigenvalue weighted by atomic mass is 9.94. The Morgan fingerprint density at radius 1 is 1.30 bits per heavy atom. The van der Waals surface area contributed by atoms with Gasteiger partial charge >= 0.3 is 0 Å². The Kier molecular flexibility index (Phi) is 7.90. The summed E-state index contributed by atoms with van der Waals surface area (Å²) >= 11 is 2.11. The number of ether oxygens (including phenoxy) is 2. The van der Waals surface area contributed by atoms with E-state index in [2.05, 4.69) is 42.5 Å². The molecule has 1 N–H and O–H groups in total. The molecule has 3 rings (SSSR count). The topological polar surface area (TPSA) is 72.8 Å². The van der Waals surface area contributed by atoms with Crippen LogP contribution in [0.3, 0.4) is 0 Å². The SMILES string of the molecule is CCCC1=C2[C@@H](CC/C(=C/c3cc(I)c(O)c(OC)c3)CCC)OC[C@@H]2S(=O)(=O)C1. The van der Waals surface area contributed by atoms with Crippen LogP contribution in [0.4, 0.5) is 0 Å². The molecule has 1 saturated heterocycles. The van der Waals surface area contributed by atoms with Gasteiger partial charge in [-0.15, -0.1) is 0 Å². The van der Waals surface area contributed by atoms with E-state index >= 15 is 0 Å². The Balaban J connectivity index is 1.79. The van der Waals surface area contributed by atoms with E-state index in [0.29, 0.717) is 12.4 Å². The molecule has 0 bridgehead atoms. The van der Waals surface area contributed by atoms with Gasteiger partial charge in [-0.05, 0) is 71.5 Å². The summed E-state index contributed by atoms with van der Waals surface area (Å²) in [7, 11) is -1.54. The van der Waals surface area contributed by atoms with Crippen molar-refractivity contribution in [2.75, 3.05) is 19.5 Å². The third-order valence-corrected chi connectivity index (χ3v) is 8.68. The molecule has 5 nitrogen and oxygen atoms in total. The summed E-state index contributed by atoms with van der Waals surface area (Å²) in [5.41, 5.74) is 4.43. The number of phenols is 1. The lowest BCUT2D eigenvalue weighted by Gasteiger charge is -2.15. The van der Waals surface area contributed by atoms with Crippen LogP contribution in [-0.4, -0.2) is 44.3 Å². The number of aromatic hydroxyl groups is 1. The summed E-state index contributed by atoms with van der Waals surface area (Å²) in [4.78, 5) is 0. The Labute approximate surface area is 193 Å². The van der Waals surface area contributed by atoms with Crippen molar-refractivity contribution < 1.29 is 23.0 Å². The van der Waals surface area contributed by atoms with Crippen molar-refractivity contribution in [3.8, 4) is 11.5 Å². The number of fused-ring (bicyclic) bond motifs is 1. The molecule has 0 aliphatic carbocycles. The number of hydrogen-bond donors (Lipinski definition) is 1. The van der Waals surface area contributed by atoms with Gasteiger partial charge in [-0.3, -0.25) is 0 Å². The van der Waals surface area contributed by atoms with E-state index in [1.54, 1.807) is 7.11 Å². The minimum Gasteiger partial charge on any atom is -0.504 e. The summed E-state index contributed by atoms with van der Waals surface area (Å²) in [6.45, 7) is 4.55. The number of rotatable bonds is 9. The summed E-state index contributed by atoms with van der Waals surface area (Å²) in [5.74, 6) is 0.844. The molecule has 30 heavy (non-hydrogen) atoms. The highest BCUT2D eigenvalue weighted by atomic mass is 127. The molecule has 0 spiro atoms. The highest BCUT2D eigenvalue weighted by molar-refractivity contribution is 14.1. The number of sulfone groups is 1. The first-order valence-electron chi connectivity index (χ1n) is 10.6. The number of phenolic OH excluding ortho intramolecular Hbond substituents is 1. The number of halogens is 1. The van der Waals surface area contributed by atoms with Crippen molar-refractivity contribution in [3.63, 3.8) is 0 Å². The fraction of sp³-hybridized carbons (Fsp3) is 0.565. The Morgan fingerprint density at radius 3 is 2.73 bits per heavy atom. The minimum atomic E-state index is -3.09. The third kappa shape index (κ3) is 5.05. The second kappa shape index (κ2) is 10.0. The maximum Gasteiger partial charge on any atom is 0.171 e. The average Bonchev–Trinajstić information content (AvgIpc) is 3.23. The Morgan fingerprint density at radius 2 is 2.07 bits per heavy atom. The lowest BCUT2D eigenvalue weighted by Crippen LogP contribution is -2.19. The monoisotopic (exact) mass is 546 g/mol. The van der Waals surface area contributed by atoms with Crippen LogP contribution in [0.15, 0.2) is 28.9 Å². The molecule has 2 heterocycles. The molecule has 1 fully saturated rings. The van der Waals surface area contributed by atoms with Crippen LogP contribution in [0, 0.1) is 3.57 Å². The van der Waals surface area contributed by atoms with Crippen molar-refractivity contribution in [1.29, 1.82) is 0 Å². The quantitative estimate of drug-likeness (QED) is 0.338. The minimum absolute atomic E-state index is 0.0939. The van der Waals surface area contributed by atoms with E-state index in [1.807, 2.05) is 12.1 Å². The molecule has 0 radical (unpaired) electrons. The summed E-state index contributed by atoms with van der Waals surface area (Å²) in [6, 6.07) is 3.79. The van der Waals surface area contributed by atoms with Crippen LogP contribution < -0.4 is 4.74 Å². The molecule has 166 valence electrons. The van der Waals surface area contributed by atoms with Gasteiger partial charge in [-0.1, -0.05) is 43.9 Å². The standard InChI is InChI=1S/C23H31IO5S/c1-4-6-15(10-16-11-18(24)23(25)20(12-16)28-3)8-9-19-22-17(7-5-2)14-30(26,27)21(22)13-29-19/h10-12,19,21,25H,4-9,13-14H2,1-3H3/b15-10+/t19-,21+/m1/s1. The number of hydrogen-bond acceptors (Lipinski definition) is 5. The summed E-state index contributed by atoms with van der Waals surface area (Å²) in [6.07, 6.45) is 7.51. The molecule has 0 aromatic heterocycles. The predicted molar refractivity (Wildman–Crippen MR) is 129 cm³/mol. The van der Waals surface area contributed by atoms with E-state index in [4.69, 9.17) is 9.47 Å². The van der Waals surface area contributed by atoms with Crippen LogP contribution in [0.2, 0.25) is 0 Å². The summed E-state index contributed by atoms with van der Waals surface area (Å²) in [5, 5.41) is 9.66. The zero-order valence-electron chi connectivity index (χ0n) is 17.9. The van der Waals surface area contributed by atoms with Crippen molar-refractivity contribution in [2.45, 2.75) is 63.7 Å². The van der Waals surface area contributed by atoms with Crippen molar-refractivity contribution in [1.82, 2.24) is 0 Å². The van der Waals surface area contributed by atoms with Gasteiger partial charge in [0.25, 0.3) is 0 Å². The second-order valence-corrected chi connectivity index (χ2v) is 11.4. The molecule has 2 atom stereocenters. The van der Waals surface area contributed by atoms with Crippen LogP contribution in [-0.2, 0) is 14.6 Å². The van der Waals surface area contributed by atoms with Crippen molar-refractivity contribution in [3.05, 3.63) is 38.0 Å². The zero-order valence-corrected chi connectivity index (χ0v) is 20.9. The maximum absolute atomic E-state index is 12.5. The second-order valence-electron chi connectivity index (χ2n) is 8.07. The zero-order chi connectivity index (χ0) is 21.9. The largest absolute Gasteiger partial charge is 0.504 e. The van der Waals surface area contributed by atoms with Gasteiger partial charge in [-0.25, -0.2) is 8.42 Å². The maximum atomic E-state index is 12.5. The van der Waals surface area contributed by atoms with Crippen LogP contribution in [0.5, 0.6) is 11.5 Å². The highest BCUT2D eigenvalue weighted by Gasteiger charge is 2.46. The van der Waals surface area contributed by atoms with E-state index in [-0.39, 0.29) is 17.6 Å². The molecular weight excluding hydrogens is 515 g/mol. The van der Waals surface area contributed by atoms with E-state index in [1.165, 1.54) is 5.57 Å².